The van der Waals surface area contributed by atoms with Crippen molar-refractivity contribution in [2.24, 2.45) is 0 Å². The number of rotatable bonds is 13. The number of amides is 2. The third-order valence-electron chi connectivity index (χ3n) is 4.52. The standard InChI is InChI=1S/C21H27N3O5/c1-2-3-4-5-6-7-8-9-22-20(28)18-13-29-21(24-18)16-10-15(12-25)11-17(19(16)27)23-14-26/h10-14,27H,2-9H2,1H3,(H,22,28)(H,23,26). The Morgan fingerprint density at radius 1 is 1.14 bits per heavy atom. The number of nitrogens with zero attached hydrogens (tertiary/aromatic N) is 1. The van der Waals surface area contributed by atoms with Crippen molar-refractivity contribution in [3.63, 3.8) is 0 Å². The average molecular weight is 401 g/mol. The second kappa shape index (κ2) is 11.6. The Balaban J connectivity index is 1.95. The molecule has 0 unspecified atom stereocenters. The molecule has 0 aliphatic heterocycles. The molecule has 1 heterocycles. The zero-order valence-electron chi connectivity index (χ0n) is 16.6. The highest BCUT2D eigenvalue weighted by Crippen LogP contribution is 2.36. The van der Waals surface area contributed by atoms with Crippen LogP contribution in [0.2, 0.25) is 0 Å². The van der Waals surface area contributed by atoms with Gasteiger partial charge in [0.15, 0.2) is 11.4 Å². The minimum absolute atomic E-state index is 0.0266. The number of phenolic OH excluding ortho intramolecular Hbond substituents is 1. The highest BCUT2D eigenvalue weighted by Gasteiger charge is 2.18. The molecule has 0 aliphatic rings. The number of carbonyl (C=O) groups excluding carboxylic acids is 3. The van der Waals surface area contributed by atoms with E-state index in [1.54, 1.807) is 0 Å². The number of unbranched alkanes of at least 4 members (excludes halogenated alkanes) is 6. The fourth-order valence-corrected chi connectivity index (χ4v) is 2.94. The van der Waals surface area contributed by atoms with E-state index in [4.69, 9.17) is 4.42 Å². The van der Waals surface area contributed by atoms with Gasteiger partial charge >= 0.3 is 0 Å². The number of benzene rings is 1. The summed E-state index contributed by atoms with van der Waals surface area (Å²) in [6, 6.07) is 2.68. The molecule has 2 rings (SSSR count). The number of hydrogen-bond acceptors (Lipinski definition) is 6. The van der Waals surface area contributed by atoms with Gasteiger partial charge in [-0.25, -0.2) is 4.98 Å². The smallest absolute Gasteiger partial charge is 0.273 e. The topological polar surface area (TPSA) is 122 Å². The monoisotopic (exact) mass is 401 g/mol. The number of hydrogen-bond donors (Lipinski definition) is 3. The summed E-state index contributed by atoms with van der Waals surface area (Å²) in [5, 5.41) is 15.4. The third-order valence-corrected chi connectivity index (χ3v) is 4.52. The summed E-state index contributed by atoms with van der Waals surface area (Å²) in [6.45, 7) is 2.74. The van der Waals surface area contributed by atoms with E-state index in [1.165, 1.54) is 44.1 Å². The Morgan fingerprint density at radius 3 is 2.55 bits per heavy atom. The molecule has 2 aromatic rings. The van der Waals surface area contributed by atoms with Gasteiger partial charge in [-0.2, -0.15) is 0 Å². The average Bonchev–Trinajstić information content (AvgIpc) is 3.21. The van der Waals surface area contributed by atoms with Crippen molar-refractivity contribution in [3.05, 3.63) is 29.7 Å². The minimum atomic E-state index is -0.372. The highest BCUT2D eigenvalue weighted by molar-refractivity contribution is 5.93. The molecular formula is C21H27N3O5. The van der Waals surface area contributed by atoms with Crippen LogP contribution in [0, 0.1) is 0 Å². The van der Waals surface area contributed by atoms with E-state index in [1.807, 2.05) is 0 Å². The predicted molar refractivity (Wildman–Crippen MR) is 109 cm³/mol. The fraction of sp³-hybridized carbons (Fsp3) is 0.429. The largest absolute Gasteiger partial charge is 0.505 e. The van der Waals surface area contributed by atoms with Gasteiger partial charge in [0.25, 0.3) is 5.91 Å². The van der Waals surface area contributed by atoms with Crippen molar-refractivity contribution in [1.82, 2.24) is 10.3 Å². The first kappa shape index (κ1) is 22.1. The summed E-state index contributed by atoms with van der Waals surface area (Å²) < 4.78 is 5.30. The van der Waals surface area contributed by atoms with Gasteiger partial charge in [-0.05, 0) is 18.6 Å². The number of aldehydes is 1. The molecule has 0 fully saturated rings. The van der Waals surface area contributed by atoms with Crippen LogP contribution in [0.15, 0.2) is 22.8 Å². The SMILES string of the molecule is CCCCCCCCCNC(=O)c1coc(-c2cc(C=O)cc(NC=O)c2O)n1. The predicted octanol–water partition coefficient (Wildman–Crippen LogP) is 3.91. The summed E-state index contributed by atoms with van der Waals surface area (Å²) in [7, 11) is 0. The highest BCUT2D eigenvalue weighted by atomic mass is 16.3. The molecule has 0 spiro atoms. The maximum Gasteiger partial charge on any atom is 0.273 e. The van der Waals surface area contributed by atoms with Gasteiger partial charge < -0.3 is 20.2 Å². The van der Waals surface area contributed by atoms with Crippen molar-refractivity contribution in [3.8, 4) is 17.2 Å². The lowest BCUT2D eigenvalue weighted by atomic mass is 10.1. The van der Waals surface area contributed by atoms with Crippen molar-refractivity contribution >= 4 is 24.3 Å². The van der Waals surface area contributed by atoms with Crippen LogP contribution in [-0.4, -0.2) is 35.2 Å². The number of aromatic nitrogens is 1. The summed E-state index contributed by atoms with van der Waals surface area (Å²) in [5.74, 6) is -0.705. The van der Waals surface area contributed by atoms with E-state index in [0.717, 1.165) is 19.3 Å². The third kappa shape index (κ3) is 6.44. The minimum Gasteiger partial charge on any atom is -0.505 e. The van der Waals surface area contributed by atoms with Crippen molar-refractivity contribution in [2.45, 2.75) is 51.9 Å². The Hall–Kier alpha value is -3.16. The first-order valence-corrected chi connectivity index (χ1v) is 9.87. The van der Waals surface area contributed by atoms with Gasteiger partial charge in [0, 0.05) is 12.1 Å². The van der Waals surface area contributed by atoms with E-state index in [9.17, 15) is 19.5 Å². The number of phenols is 1. The Morgan fingerprint density at radius 2 is 1.86 bits per heavy atom. The number of nitrogens with one attached hydrogen (secondary N) is 2. The molecule has 0 saturated heterocycles. The zero-order chi connectivity index (χ0) is 21.1. The van der Waals surface area contributed by atoms with Gasteiger partial charge in [-0.3, -0.25) is 14.4 Å². The second-order valence-corrected chi connectivity index (χ2v) is 6.76. The fourth-order valence-electron chi connectivity index (χ4n) is 2.94. The van der Waals surface area contributed by atoms with Gasteiger partial charge in [0.1, 0.15) is 12.5 Å². The van der Waals surface area contributed by atoms with E-state index >= 15 is 0 Å². The molecule has 1 aromatic heterocycles. The second-order valence-electron chi connectivity index (χ2n) is 6.76. The number of carbonyl (C=O) groups is 3. The molecule has 8 heteroatoms. The molecule has 0 bridgehead atoms. The van der Waals surface area contributed by atoms with Crippen LogP contribution in [-0.2, 0) is 4.79 Å². The number of anilines is 1. The number of aromatic hydroxyl groups is 1. The summed E-state index contributed by atoms with van der Waals surface area (Å²) in [4.78, 5) is 38.1. The van der Waals surface area contributed by atoms with E-state index in [-0.39, 0.29) is 40.1 Å². The maximum atomic E-state index is 12.2. The van der Waals surface area contributed by atoms with Gasteiger partial charge in [0.05, 0.1) is 11.3 Å². The van der Waals surface area contributed by atoms with Gasteiger partial charge in [0.2, 0.25) is 12.3 Å². The van der Waals surface area contributed by atoms with Crippen LogP contribution in [0.4, 0.5) is 5.69 Å². The first-order valence-electron chi connectivity index (χ1n) is 9.87. The van der Waals surface area contributed by atoms with E-state index in [0.29, 0.717) is 19.2 Å². The maximum absolute atomic E-state index is 12.2. The van der Waals surface area contributed by atoms with Crippen LogP contribution in [0.3, 0.4) is 0 Å². The van der Waals surface area contributed by atoms with Gasteiger partial charge in [-0.15, -0.1) is 0 Å². The van der Waals surface area contributed by atoms with Crippen molar-refractivity contribution in [2.75, 3.05) is 11.9 Å². The summed E-state index contributed by atoms with van der Waals surface area (Å²) in [5.41, 5.74) is 0.432. The first-order chi connectivity index (χ1) is 14.1. The molecule has 0 radical (unpaired) electrons. The van der Waals surface area contributed by atoms with Crippen LogP contribution >= 0.6 is 0 Å². The van der Waals surface area contributed by atoms with Crippen LogP contribution in [0.25, 0.3) is 11.5 Å². The Labute approximate surface area is 169 Å². The summed E-state index contributed by atoms with van der Waals surface area (Å²) in [6.07, 6.45) is 10.2. The lowest BCUT2D eigenvalue weighted by Crippen LogP contribution is -2.24. The molecular weight excluding hydrogens is 374 g/mol. The lowest BCUT2D eigenvalue weighted by Gasteiger charge is -2.07. The molecule has 1 aromatic carbocycles. The Bertz CT molecular complexity index is 832. The molecule has 0 aliphatic carbocycles. The molecule has 2 amide bonds. The molecule has 0 saturated carbocycles. The van der Waals surface area contributed by atoms with Gasteiger partial charge in [-0.1, -0.05) is 45.4 Å². The van der Waals surface area contributed by atoms with E-state index < -0.39 is 0 Å². The van der Waals surface area contributed by atoms with Crippen LogP contribution in [0.5, 0.6) is 5.75 Å². The molecule has 0 atom stereocenters. The quantitative estimate of drug-likeness (QED) is 0.266. The zero-order valence-corrected chi connectivity index (χ0v) is 16.6. The van der Waals surface area contributed by atoms with Crippen LogP contribution < -0.4 is 10.6 Å². The molecule has 156 valence electrons. The molecule has 8 nitrogen and oxygen atoms in total. The lowest BCUT2D eigenvalue weighted by molar-refractivity contribution is -0.105. The normalized spacial score (nSPS) is 10.5. The molecule has 3 N–H and O–H groups in total. The number of oxazole rings is 1. The van der Waals surface area contributed by atoms with E-state index in [2.05, 4.69) is 22.5 Å². The Kier molecular flexibility index (Phi) is 8.88. The van der Waals surface area contributed by atoms with Crippen LogP contribution in [0.1, 0.15) is 72.7 Å². The van der Waals surface area contributed by atoms with Crippen molar-refractivity contribution in [1.29, 1.82) is 0 Å². The summed E-state index contributed by atoms with van der Waals surface area (Å²) >= 11 is 0. The molecule has 29 heavy (non-hydrogen) atoms. The van der Waals surface area contributed by atoms with Crippen molar-refractivity contribution < 1.29 is 23.9 Å².